The summed E-state index contributed by atoms with van der Waals surface area (Å²) in [7, 11) is 1.29. The number of methoxy groups -OCH3 is 1. The number of nitrogens with two attached hydrogens (primary N) is 1. The van der Waals surface area contributed by atoms with Gasteiger partial charge in [0.1, 0.15) is 12.4 Å². The van der Waals surface area contributed by atoms with Crippen molar-refractivity contribution in [3.8, 4) is 5.75 Å². The second-order valence-electron chi connectivity index (χ2n) is 6.85. The fraction of sp³-hybridized carbons (Fsp3) is 0.125. The van der Waals surface area contributed by atoms with Crippen LogP contribution >= 0.6 is 0 Å². The molecule has 3 aromatic carbocycles. The molecule has 0 aliphatic heterocycles. The molecule has 164 valence electrons. The van der Waals surface area contributed by atoms with Crippen LogP contribution in [-0.2, 0) is 17.9 Å². The van der Waals surface area contributed by atoms with Crippen LogP contribution < -0.4 is 21.1 Å². The lowest BCUT2D eigenvalue weighted by Crippen LogP contribution is -2.23. The summed E-state index contributed by atoms with van der Waals surface area (Å²) in [5.41, 5.74) is 8.39. The van der Waals surface area contributed by atoms with Crippen molar-refractivity contribution in [2.24, 2.45) is 5.73 Å². The average molecular weight is 433 g/mol. The summed E-state index contributed by atoms with van der Waals surface area (Å²) >= 11 is 0. The Bertz CT molecular complexity index is 1110. The molecular formula is C24H23N3O5. The van der Waals surface area contributed by atoms with Crippen molar-refractivity contribution < 1.29 is 23.9 Å². The molecule has 0 aliphatic carbocycles. The minimum absolute atomic E-state index is 0.181. The molecule has 32 heavy (non-hydrogen) atoms. The maximum absolute atomic E-state index is 12.6. The molecule has 0 saturated carbocycles. The van der Waals surface area contributed by atoms with Crippen molar-refractivity contribution in [1.82, 2.24) is 5.32 Å². The topological polar surface area (TPSA) is 120 Å². The molecule has 0 aliphatic rings. The van der Waals surface area contributed by atoms with Crippen molar-refractivity contribution >= 4 is 23.6 Å². The third kappa shape index (κ3) is 6.09. The molecule has 3 rings (SSSR count). The third-order valence-corrected chi connectivity index (χ3v) is 4.57. The van der Waals surface area contributed by atoms with E-state index in [1.165, 1.54) is 7.11 Å². The zero-order valence-electron chi connectivity index (χ0n) is 17.5. The number of rotatable bonds is 8. The number of hydrogen-bond acceptors (Lipinski definition) is 5. The molecule has 4 N–H and O–H groups in total. The van der Waals surface area contributed by atoms with Crippen LogP contribution in [-0.4, -0.2) is 25.0 Å². The Balaban J connectivity index is 1.57. The Morgan fingerprint density at radius 1 is 0.906 bits per heavy atom. The van der Waals surface area contributed by atoms with E-state index in [9.17, 15) is 14.4 Å². The van der Waals surface area contributed by atoms with E-state index in [0.29, 0.717) is 29.1 Å². The normalized spacial score (nSPS) is 10.2. The Hall–Kier alpha value is -4.33. The molecule has 0 spiro atoms. The van der Waals surface area contributed by atoms with Gasteiger partial charge >= 0.3 is 6.09 Å². The van der Waals surface area contributed by atoms with Gasteiger partial charge in [-0.2, -0.15) is 0 Å². The number of primary amides is 1. The monoisotopic (exact) mass is 433 g/mol. The first-order chi connectivity index (χ1) is 15.5. The predicted molar refractivity (Wildman–Crippen MR) is 119 cm³/mol. The molecule has 0 bridgehead atoms. The third-order valence-electron chi connectivity index (χ3n) is 4.57. The molecule has 0 saturated heterocycles. The second-order valence-corrected chi connectivity index (χ2v) is 6.85. The number of nitrogens with one attached hydrogen (secondary N) is 2. The van der Waals surface area contributed by atoms with E-state index in [1.54, 1.807) is 66.7 Å². The van der Waals surface area contributed by atoms with Crippen LogP contribution in [0.15, 0.2) is 72.8 Å². The van der Waals surface area contributed by atoms with Gasteiger partial charge in [0.05, 0.1) is 12.7 Å². The summed E-state index contributed by atoms with van der Waals surface area (Å²) in [4.78, 5) is 35.3. The SMILES string of the molecule is COC(=O)Nc1ccc(CNC(=O)c2cccc(COc3ccccc3C(N)=O)c2)cc1. The number of carbonyl (C=O) groups is 3. The van der Waals surface area contributed by atoms with Crippen LogP contribution in [0.3, 0.4) is 0 Å². The van der Waals surface area contributed by atoms with Gasteiger partial charge in [0, 0.05) is 17.8 Å². The molecule has 0 unspecified atom stereocenters. The minimum Gasteiger partial charge on any atom is -0.488 e. The van der Waals surface area contributed by atoms with Crippen LogP contribution in [0.5, 0.6) is 5.75 Å². The van der Waals surface area contributed by atoms with Crippen LogP contribution in [0.1, 0.15) is 31.8 Å². The minimum atomic E-state index is -0.567. The summed E-state index contributed by atoms with van der Waals surface area (Å²) in [6, 6.07) is 20.8. The number of carbonyl (C=O) groups excluding carboxylic acids is 3. The lowest BCUT2D eigenvalue weighted by Gasteiger charge is -2.11. The van der Waals surface area contributed by atoms with E-state index in [4.69, 9.17) is 10.5 Å². The van der Waals surface area contributed by atoms with Crippen molar-refractivity contribution in [3.05, 3.63) is 95.1 Å². The summed E-state index contributed by atoms with van der Waals surface area (Å²) in [6.45, 7) is 0.504. The molecule has 8 nitrogen and oxygen atoms in total. The number of benzene rings is 3. The van der Waals surface area contributed by atoms with Gasteiger partial charge in [0.15, 0.2) is 0 Å². The van der Waals surface area contributed by atoms with Crippen molar-refractivity contribution in [1.29, 1.82) is 0 Å². The Morgan fingerprint density at radius 3 is 2.38 bits per heavy atom. The highest BCUT2D eigenvalue weighted by atomic mass is 16.5. The van der Waals surface area contributed by atoms with Crippen molar-refractivity contribution in [2.45, 2.75) is 13.2 Å². The number of para-hydroxylation sites is 1. The van der Waals surface area contributed by atoms with Crippen LogP contribution in [0, 0.1) is 0 Å². The fourth-order valence-corrected chi connectivity index (χ4v) is 2.92. The summed E-state index contributed by atoms with van der Waals surface area (Å²) in [5.74, 6) is -0.413. The summed E-state index contributed by atoms with van der Waals surface area (Å²) in [6.07, 6.45) is -0.548. The predicted octanol–water partition coefficient (Wildman–Crippen LogP) is 3.47. The highest BCUT2D eigenvalue weighted by Gasteiger charge is 2.10. The van der Waals surface area contributed by atoms with Gasteiger partial charge in [-0.25, -0.2) is 4.79 Å². The first-order valence-corrected chi connectivity index (χ1v) is 9.79. The average Bonchev–Trinajstić information content (AvgIpc) is 2.82. The van der Waals surface area contributed by atoms with Gasteiger partial charge in [0.25, 0.3) is 11.8 Å². The molecule has 0 fully saturated rings. The maximum atomic E-state index is 12.6. The van der Waals surface area contributed by atoms with Gasteiger partial charge in [-0.1, -0.05) is 36.4 Å². The highest BCUT2D eigenvalue weighted by molar-refractivity contribution is 5.95. The molecule has 0 heterocycles. The van der Waals surface area contributed by atoms with Gasteiger partial charge in [-0.05, 0) is 47.5 Å². The smallest absolute Gasteiger partial charge is 0.411 e. The molecule has 8 heteroatoms. The van der Waals surface area contributed by atoms with E-state index in [2.05, 4.69) is 15.4 Å². The number of amides is 3. The first-order valence-electron chi connectivity index (χ1n) is 9.79. The second kappa shape index (κ2) is 10.6. The largest absolute Gasteiger partial charge is 0.488 e. The molecule has 0 aromatic heterocycles. The standard InChI is InChI=1S/C24H23N3O5/c1-31-24(30)27-19-11-9-16(10-12-19)14-26-23(29)18-6-4-5-17(13-18)15-32-21-8-3-2-7-20(21)22(25)28/h2-13H,14-15H2,1H3,(H2,25,28)(H,26,29)(H,27,30). The maximum Gasteiger partial charge on any atom is 0.411 e. The first kappa shape index (κ1) is 22.4. The van der Waals surface area contributed by atoms with Gasteiger partial charge < -0.3 is 20.5 Å². The van der Waals surface area contributed by atoms with E-state index < -0.39 is 12.0 Å². The molecule has 0 atom stereocenters. The van der Waals surface area contributed by atoms with Gasteiger partial charge in [0.2, 0.25) is 0 Å². The zero-order valence-corrected chi connectivity index (χ0v) is 17.5. The molecule has 3 amide bonds. The lowest BCUT2D eigenvalue weighted by molar-refractivity contribution is 0.0949. The fourth-order valence-electron chi connectivity index (χ4n) is 2.92. The number of hydrogen-bond donors (Lipinski definition) is 3. The quantitative estimate of drug-likeness (QED) is 0.502. The molecule has 0 radical (unpaired) electrons. The summed E-state index contributed by atoms with van der Waals surface area (Å²) in [5, 5.41) is 5.42. The highest BCUT2D eigenvalue weighted by Crippen LogP contribution is 2.19. The Morgan fingerprint density at radius 2 is 1.66 bits per heavy atom. The summed E-state index contributed by atoms with van der Waals surface area (Å²) < 4.78 is 10.3. The van der Waals surface area contributed by atoms with E-state index in [-0.39, 0.29) is 12.5 Å². The number of anilines is 1. The molecule has 3 aromatic rings. The lowest BCUT2D eigenvalue weighted by atomic mass is 10.1. The van der Waals surface area contributed by atoms with Crippen LogP contribution in [0.25, 0.3) is 0 Å². The van der Waals surface area contributed by atoms with Crippen LogP contribution in [0.4, 0.5) is 10.5 Å². The van der Waals surface area contributed by atoms with Crippen molar-refractivity contribution in [3.63, 3.8) is 0 Å². The molecular weight excluding hydrogens is 410 g/mol. The van der Waals surface area contributed by atoms with Gasteiger partial charge in [-0.15, -0.1) is 0 Å². The Labute approximate surface area is 185 Å². The van der Waals surface area contributed by atoms with Crippen LogP contribution in [0.2, 0.25) is 0 Å². The number of ether oxygens (including phenoxy) is 2. The van der Waals surface area contributed by atoms with Crippen molar-refractivity contribution in [2.75, 3.05) is 12.4 Å². The van der Waals surface area contributed by atoms with E-state index in [1.807, 2.05) is 6.07 Å². The van der Waals surface area contributed by atoms with Gasteiger partial charge in [-0.3, -0.25) is 14.9 Å². The Kier molecular flexibility index (Phi) is 7.42. The van der Waals surface area contributed by atoms with E-state index >= 15 is 0 Å². The zero-order chi connectivity index (χ0) is 22.9. The van der Waals surface area contributed by atoms with E-state index in [0.717, 1.165) is 11.1 Å².